The summed E-state index contributed by atoms with van der Waals surface area (Å²) in [7, 11) is 0. The number of aromatic nitrogens is 2. The maximum atomic E-state index is 4.28. The lowest BCUT2D eigenvalue weighted by molar-refractivity contribution is 0.427. The van der Waals surface area contributed by atoms with Gasteiger partial charge < -0.3 is 10.3 Å². The van der Waals surface area contributed by atoms with Gasteiger partial charge in [-0.3, -0.25) is 0 Å². The van der Waals surface area contributed by atoms with E-state index in [9.17, 15) is 0 Å². The van der Waals surface area contributed by atoms with Gasteiger partial charge in [-0.1, -0.05) is 13.8 Å². The summed E-state index contributed by atoms with van der Waals surface area (Å²) in [5.74, 6) is 0.656. The monoisotopic (exact) mass is 217 g/mol. The van der Waals surface area contributed by atoms with Gasteiger partial charge in [-0.15, -0.1) is 0 Å². The second-order valence-corrected chi connectivity index (χ2v) is 4.63. The number of nitrogens with one attached hydrogen (secondary N) is 2. The average Bonchev–Trinajstić information content (AvgIpc) is 2.69. The summed E-state index contributed by atoms with van der Waals surface area (Å²) >= 11 is 0. The summed E-state index contributed by atoms with van der Waals surface area (Å²) in [5, 5.41) is 4.74. The van der Waals surface area contributed by atoms with Crippen LogP contribution >= 0.6 is 0 Å². The van der Waals surface area contributed by atoms with Crippen molar-refractivity contribution < 1.29 is 0 Å². The van der Waals surface area contributed by atoms with Crippen molar-refractivity contribution in [2.45, 2.75) is 33.4 Å². The normalized spacial score (nSPS) is 13.5. The standard InChI is InChI=1S/C13H19N3/c1-9(2)10(3)15-7-11-8-16-13-12(11)5-4-6-14-13/h4-6,8-10,15H,7H2,1-3H3,(H,14,16). The predicted octanol–water partition coefficient (Wildman–Crippen LogP) is 2.70. The van der Waals surface area contributed by atoms with E-state index >= 15 is 0 Å². The summed E-state index contributed by atoms with van der Waals surface area (Å²) in [6.45, 7) is 7.58. The molecule has 3 heteroatoms. The molecule has 2 aromatic rings. The lowest BCUT2D eigenvalue weighted by Crippen LogP contribution is -2.30. The summed E-state index contributed by atoms with van der Waals surface area (Å²) < 4.78 is 0. The van der Waals surface area contributed by atoms with E-state index in [4.69, 9.17) is 0 Å². The maximum Gasteiger partial charge on any atom is 0.137 e. The first-order chi connectivity index (χ1) is 7.68. The number of nitrogens with zero attached hydrogens (tertiary/aromatic N) is 1. The number of aromatic amines is 1. The first kappa shape index (κ1) is 11.1. The first-order valence-corrected chi connectivity index (χ1v) is 5.83. The van der Waals surface area contributed by atoms with Gasteiger partial charge in [0, 0.05) is 30.4 Å². The van der Waals surface area contributed by atoms with Gasteiger partial charge in [-0.2, -0.15) is 0 Å². The van der Waals surface area contributed by atoms with Gasteiger partial charge >= 0.3 is 0 Å². The van der Waals surface area contributed by atoms with Crippen molar-refractivity contribution in [3.8, 4) is 0 Å². The van der Waals surface area contributed by atoms with Gasteiger partial charge in [0.05, 0.1) is 0 Å². The zero-order chi connectivity index (χ0) is 11.5. The van der Waals surface area contributed by atoms with Gasteiger partial charge in [-0.25, -0.2) is 4.98 Å². The quantitative estimate of drug-likeness (QED) is 0.826. The zero-order valence-electron chi connectivity index (χ0n) is 10.1. The average molecular weight is 217 g/mol. The Kier molecular flexibility index (Phi) is 3.25. The van der Waals surface area contributed by atoms with Gasteiger partial charge in [-0.05, 0) is 30.5 Å². The number of rotatable bonds is 4. The molecule has 2 aromatic heterocycles. The molecule has 0 spiro atoms. The molecule has 1 atom stereocenters. The molecule has 0 aromatic carbocycles. The van der Waals surface area contributed by atoms with E-state index in [0.29, 0.717) is 12.0 Å². The highest BCUT2D eigenvalue weighted by Gasteiger charge is 2.08. The fourth-order valence-corrected chi connectivity index (χ4v) is 1.67. The van der Waals surface area contributed by atoms with E-state index < -0.39 is 0 Å². The molecule has 0 aliphatic rings. The Labute approximate surface area is 96.3 Å². The van der Waals surface area contributed by atoms with Gasteiger partial charge in [0.1, 0.15) is 5.65 Å². The van der Waals surface area contributed by atoms with E-state index in [0.717, 1.165) is 12.2 Å². The predicted molar refractivity (Wildman–Crippen MR) is 67.2 cm³/mol. The first-order valence-electron chi connectivity index (χ1n) is 5.83. The summed E-state index contributed by atoms with van der Waals surface area (Å²) in [5.41, 5.74) is 2.26. The number of hydrogen-bond acceptors (Lipinski definition) is 2. The van der Waals surface area contributed by atoms with E-state index in [1.165, 1.54) is 10.9 Å². The van der Waals surface area contributed by atoms with Crippen molar-refractivity contribution in [3.63, 3.8) is 0 Å². The zero-order valence-corrected chi connectivity index (χ0v) is 10.1. The van der Waals surface area contributed by atoms with Crippen molar-refractivity contribution in [3.05, 3.63) is 30.1 Å². The Balaban J connectivity index is 2.10. The molecule has 0 saturated heterocycles. The van der Waals surface area contributed by atoms with Gasteiger partial charge in [0.15, 0.2) is 0 Å². The molecule has 0 aliphatic heterocycles. The van der Waals surface area contributed by atoms with Crippen LogP contribution in [0.15, 0.2) is 24.5 Å². The molecule has 0 aliphatic carbocycles. The van der Waals surface area contributed by atoms with Crippen LogP contribution in [0.25, 0.3) is 11.0 Å². The molecular formula is C13H19N3. The van der Waals surface area contributed by atoms with Crippen LogP contribution in [0.5, 0.6) is 0 Å². The molecule has 0 amide bonds. The van der Waals surface area contributed by atoms with E-state index in [2.05, 4.69) is 42.1 Å². The van der Waals surface area contributed by atoms with Crippen LogP contribution in [0, 0.1) is 5.92 Å². The minimum absolute atomic E-state index is 0.529. The lowest BCUT2D eigenvalue weighted by atomic mass is 10.1. The number of pyridine rings is 1. The van der Waals surface area contributed by atoms with Crippen molar-refractivity contribution in [1.82, 2.24) is 15.3 Å². The topological polar surface area (TPSA) is 40.7 Å². The fourth-order valence-electron chi connectivity index (χ4n) is 1.67. The number of fused-ring (bicyclic) bond motifs is 1. The van der Waals surface area contributed by atoms with E-state index in [1.807, 2.05) is 18.5 Å². The van der Waals surface area contributed by atoms with Crippen molar-refractivity contribution in [2.75, 3.05) is 0 Å². The third-order valence-corrected chi connectivity index (χ3v) is 3.15. The minimum Gasteiger partial charge on any atom is -0.346 e. The highest BCUT2D eigenvalue weighted by Crippen LogP contribution is 2.15. The minimum atomic E-state index is 0.529. The molecule has 2 N–H and O–H groups in total. The van der Waals surface area contributed by atoms with Crippen LogP contribution in [0.1, 0.15) is 26.3 Å². The molecule has 2 rings (SSSR count). The van der Waals surface area contributed by atoms with Crippen LogP contribution < -0.4 is 5.32 Å². The summed E-state index contributed by atoms with van der Waals surface area (Å²) in [6.07, 6.45) is 3.85. The molecule has 0 radical (unpaired) electrons. The third-order valence-electron chi connectivity index (χ3n) is 3.15. The molecule has 0 saturated carbocycles. The largest absolute Gasteiger partial charge is 0.346 e. The molecule has 16 heavy (non-hydrogen) atoms. The Morgan fingerprint density at radius 2 is 2.19 bits per heavy atom. The Hall–Kier alpha value is -1.35. The van der Waals surface area contributed by atoms with Crippen molar-refractivity contribution in [1.29, 1.82) is 0 Å². The van der Waals surface area contributed by atoms with E-state index in [-0.39, 0.29) is 0 Å². The number of H-pyrrole nitrogens is 1. The second kappa shape index (κ2) is 4.66. The maximum absolute atomic E-state index is 4.28. The Morgan fingerprint density at radius 1 is 1.38 bits per heavy atom. The molecule has 86 valence electrons. The second-order valence-electron chi connectivity index (χ2n) is 4.63. The molecule has 0 bridgehead atoms. The SMILES string of the molecule is CC(C)C(C)NCc1c[nH]c2ncccc12. The third kappa shape index (κ3) is 2.25. The van der Waals surface area contributed by atoms with Gasteiger partial charge in [0.25, 0.3) is 0 Å². The smallest absolute Gasteiger partial charge is 0.137 e. The lowest BCUT2D eigenvalue weighted by Gasteiger charge is -2.16. The Morgan fingerprint density at radius 3 is 2.94 bits per heavy atom. The van der Waals surface area contributed by atoms with Crippen LogP contribution in [0.2, 0.25) is 0 Å². The van der Waals surface area contributed by atoms with Crippen LogP contribution in [0.4, 0.5) is 0 Å². The molecule has 0 fully saturated rings. The highest BCUT2D eigenvalue weighted by molar-refractivity contribution is 5.79. The van der Waals surface area contributed by atoms with E-state index in [1.54, 1.807) is 0 Å². The van der Waals surface area contributed by atoms with Crippen LogP contribution in [-0.2, 0) is 6.54 Å². The fraction of sp³-hybridized carbons (Fsp3) is 0.462. The van der Waals surface area contributed by atoms with Crippen LogP contribution in [0.3, 0.4) is 0 Å². The highest BCUT2D eigenvalue weighted by atomic mass is 14.9. The molecule has 1 unspecified atom stereocenters. The number of hydrogen-bond donors (Lipinski definition) is 2. The molecule has 2 heterocycles. The summed E-state index contributed by atoms with van der Waals surface area (Å²) in [6, 6.07) is 4.61. The molecule has 3 nitrogen and oxygen atoms in total. The van der Waals surface area contributed by atoms with Gasteiger partial charge in [0.2, 0.25) is 0 Å². The van der Waals surface area contributed by atoms with Crippen molar-refractivity contribution in [2.24, 2.45) is 5.92 Å². The van der Waals surface area contributed by atoms with Crippen LogP contribution in [-0.4, -0.2) is 16.0 Å². The summed E-state index contributed by atoms with van der Waals surface area (Å²) in [4.78, 5) is 7.47. The molecular weight excluding hydrogens is 198 g/mol. The van der Waals surface area contributed by atoms with Crippen molar-refractivity contribution >= 4 is 11.0 Å². The Bertz CT molecular complexity index is 459.